The monoisotopic (exact) mass is 210 g/mol. The maximum Gasteiger partial charge on any atom is 0.321 e. The predicted octanol–water partition coefficient (Wildman–Crippen LogP) is 3.46. The van der Waals surface area contributed by atoms with E-state index >= 15 is 0 Å². The van der Waals surface area contributed by atoms with Gasteiger partial charge in [0.25, 0.3) is 0 Å². The second kappa shape index (κ2) is 5.91. The molecule has 0 aromatic heterocycles. The lowest BCUT2D eigenvalue weighted by molar-refractivity contribution is 0.312. The normalized spacial score (nSPS) is 11.5. The summed E-state index contributed by atoms with van der Waals surface area (Å²) in [6.07, 6.45) is 0. The zero-order valence-electron chi connectivity index (χ0n) is 7.82. The molecule has 0 radical (unpaired) electrons. The van der Waals surface area contributed by atoms with E-state index in [1.807, 2.05) is 0 Å². The Balaban J connectivity index is -0.000000405. The molecule has 0 amide bonds. The van der Waals surface area contributed by atoms with E-state index in [0.29, 0.717) is 0 Å². The van der Waals surface area contributed by atoms with Gasteiger partial charge in [-0.1, -0.05) is 14.9 Å². The Labute approximate surface area is 80.7 Å². The smallest absolute Gasteiger partial charge is 0.321 e. The fourth-order valence-electron chi connectivity index (χ4n) is 0.779. The van der Waals surface area contributed by atoms with Crippen LogP contribution < -0.4 is 0 Å². The second-order valence-corrected chi connectivity index (χ2v) is 12.1. The van der Waals surface area contributed by atoms with Gasteiger partial charge in [0.05, 0.1) is 0 Å². The van der Waals surface area contributed by atoms with Crippen molar-refractivity contribution in [3.8, 4) is 0 Å². The molecule has 0 aromatic rings. The standard InChI is InChI=1S/C6H18O2Si2.2CH4/c1-7-10(5,6)8-9(2,3)4;;/h1-6H3;2*1H4. The highest BCUT2D eigenvalue weighted by molar-refractivity contribution is 6.81. The first kappa shape index (κ1) is 18.2. The van der Waals surface area contributed by atoms with Crippen LogP contribution in [0.3, 0.4) is 0 Å². The van der Waals surface area contributed by atoms with Crippen molar-refractivity contribution in [3.05, 3.63) is 0 Å². The largest absolute Gasteiger partial charge is 0.436 e. The highest BCUT2D eigenvalue weighted by Gasteiger charge is 2.29. The molecule has 0 heterocycles. The lowest BCUT2D eigenvalue weighted by Gasteiger charge is -2.29. The predicted molar refractivity (Wildman–Crippen MR) is 62.4 cm³/mol. The van der Waals surface area contributed by atoms with E-state index in [2.05, 4.69) is 32.7 Å². The van der Waals surface area contributed by atoms with E-state index in [-0.39, 0.29) is 14.9 Å². The average molecular weight is 210 g/mol. The first-order valence-electron chi connectivity index (χ1n) is 3.52. The van der Waals surface area contributed by atoms with Gasteiger partial charge in [-0.15, -0.1) is 0 Å². The second-order valence-electron chi connectivity index (χ2n) is 3.82. The van der Waals surface area contributed by atoms with Crippen LogP contribution in [0.15, 0.2) is 0 Å². The van der Waals surface area contributed by atoms with Gasteiger partial charge >= 0.3 is 8.56 Å². The molecule has 0 rings (SSSR count). The van der Waals surface area contributed by atoms with Crippen molar-refractivity contribution in [1.29, 1.82) is 0 Å². The minimum atomic E-state index is -1.75. The summed E-state index contributed by atoms with van der Waals surface area (Å²) in [5.41, 5.74) is 0. The Bertz CT molecular complexity index is 108. The van der Waals surface area contributed by atoms with Gasteiger partial charge in [0, 0.05) is 7.11 Å². The fourth-order valence-corrected chi connectivity index (χ4v) is 7.01. The van der Waals surface area contributed by atoms with Gasteiger partial charge in [0.15, 0.2) is 8.32 Å². The van der Waals surface area contributed by atoms with Crippen LogP contribution in [0.4, 0.5) is 0 Å². The molecule has 0 atom stereocenters. The third-order valence-corrected chi connectivity index (χ3v) is 6.44. The molecule has 12 heavy (non-hydrogen) atoms. The van der Waals surface area contributed by atoms with Crippen molar-refractivity contribution in [2.24, 2.45) is 0 Å². The minimum absolute atomic E-state index is 0. The molecule has 0 fully saturated rings. The van der Waals surface area contributed by atoms with Crippen molar-refractivity contribution >= 4 is 16.9 Å². The molecule has 0 bridgehead atoms. The lowest BCUT2D eigenvalue weighted by atomic mass is 11.8. The number of rotatable bonds is 3. The molecule has 0 unspecified atom stereocenters. The molecule has 0 aromatic carbocycles. The van der Waals surface area contributed by atoms with Gasteiger partial charge in [-0.25, -0.2) is 0 Å². The Morgan fingerprint density at radius 2 is 1.17 bits per heavy atom. The molecule has 0 saturated carbocycles. The molecule has 0 spiro atoms. The van der Waals surface area contributed by atoms with Crippen LogP contribution in [0.1, 0.15) is 14.9 Å². The van der Waals surface area contributed by atoms with Crippen LogP contribution >= 0.6 is 0 Å². The first-order chi connectivity index (χ1) is 4.27. The molecule has 78 valence electrons. The maximum absolute atomic E-state index is 5.83. The molecule has 0 saturated heterocycles. The van der Waals surface area contributed by atoms with Gasteiger partial charge in [-0.05, 0) is 32.7 Å². The zero-order chi connectivity index (χ0) is 8.41. The summed E-state index contributed by atoms with van der Waals surface area (Å²) in [7, 11) is -1.40. The van der Waals surface area contributed by atoms with Crippen LogP contribution in [0, 0.1) is 0 Å². The molecule has 0 aliphatic rings. The topological polar surface area (TPSA) is 18.5 Å². The summed E-state index contributed by atoms with van der Waals surface area (Å²) in [5, 5.41) is 0. The van der Waals surface area contributed by atoms with Crippen molar-refractivity contribution in [2.45, 2.75) is 47.6 Å². The van der Waals surface area contributed by atoms with E-state index in [1.165, 1.54) is 0 Å². The van der Waals surface area contributed by atoms with E-state index in [9.17, 15) is 0 Å². The van der Waals surface area contributed by atoms with Crippen LogP contribution in [-0.2, 0) is 8.54 Å². The summed E-state index contributed by atoms with van der Waals surface area (Å²) < 4.78 is 11.1. The van der Waals surface area contributed by atoms with Gasteiger partial charge in [-0.3, -0.25) is 0 Å². The maximum atomic E-state index is 5.83. The van der Waals surface area contributed by atoms with Crippen LogP contribution in [0.25, 0.3) is 0 Å². The Hall–Kier alpha value is 0.354. The third-order valence-electron chi connectivity index (χ3n) is 1.04. The van der Waals surface area contributed by atoms with Crippen molar-refractivity contribution < 1.29 is 8.54 Å². The van der Waals surface area contributed by atoms with Crippen LogP contribution in [-0.4, -0.2) is 24.0 Å². The van der Waals surface area contributed by atoms with E-state index in [4.69, 9.17) is 8.54 Å². The summed E-state index contributed by atoms with van der Waals surface area (Å²) in [5.74, 6) is 0. The SMILES string of the molecule is C.C.CO[Si](C)(C)O[Si](C)(C)C. The molecule has 4 heteroatoms. The van der Waals surface area contributed by atoms with Crippen molar-refractivity contribution in [1.82, 2.24) is 0 Å². The quantitative estimate of drug-likeness (QED) is 0.664. The van der Waals surface area contributed by atoms with E-state index in [0.717, 1.165) is 0 Å². The van der Waals surface area contributed by atoms with Crippen molar-refractivity contribution in [3.63, 3.8) is 0 Å². The third kappa shape index (κ3) is 10.4. The van der Waals surface area contributed by atoms with Crippen LogP contribution in [0.5, 0.6) is 0 Å². The van der Waals surface area contributed by atoms with Gasteiger partial charge in [0.2, 0.25) is 0 Å². The van der Waals surface area contributed by atoms with Crippen molar-refractivity contribution in [2.75, 3.05) is 7.11 Å². The zero-order valence-corrected chi connectivity index (χ0v) is 9.82. The van der Waals surface area contributed by atoms with E-state index in [1.54, 1.807) is 7.11 Å². The Kier molecular flexibility index (Phi) is 8.96. The van der Waals surface area contributed by atoms with Gasteiger partial charge < -0.3 is 8.54 Å². The lowest BCUT2D eigenvalue weighted by Crippen LogP contribution is -2.43. The number of hydrogen-bond acceptors (Lipinski definition) is 2. The Morgan fingerprint density at radius 3 is 1.25 bits per heavy atom. The molecule has 2 nitrogen and oxygen atoms in total. The van der Waals surface area contributed by atoms with Gasteiger partial charge in [-0.2, -0.15) is 0 Å². The molecule has 0 N–H and O–H groups in total. The Morgan fingerprint density at radius 1 is 0.833 bits per heavy atom. The summed E-state index contributed by atoms with van der Waals surface area (Å²) >= 11 is 0. The minimum Gasteiger partial charge on any atom is -0.436 e. The first-order valence-corrected chi connectivity index (χ1v) is 9.75. The van der Waals surface area contributed by atoms with Crippen LogP contribution in [0.2, 0.25) is 32.7 Å². The fraction of sp³-hybridized carbons (Fsp3) is 1.00. The number of hydrogen-bond donors (Lipinski definition) is 0. The molecular formula is C8H26O2Si2. The van der Waals surface area contributed by atoms with Gasteiger partial charge in [0.1, 0.15) is 0 Å². The molecule has 0 aliphatic heterocycles. The molecule has 0 aliphatic carbocycles. The summed E-state index contributed by atoms with van der Waals surface area (Å²) in [6.45, 7) is 10.7. The molecular weight excluding hydrogens is 184 g/mol. The summed E-state index contributed by atoms with van der Waals surface area (Å²) in [4.78, 5) is 0. The average Bonchev–Trinajstić information content (AvgIpc) is 1.60. The summed E-state index contributed by atoms with van der Waals surface area (Å²) in [6, 6.07) is 0. The highest BCUT2D eigenvalue weighted by atomic mass is 28.4. The van der Waals surface area contributed by atoms with E-state index < -0.39 is 16.9 Å². The highest BCUT2D eigenvalue weighted by Crippen LogP contribution is 2.13.